The Hall–Kier alpha value is -0.120. The maximum absolute atomic E-state index is 9.12. The number of hydrogen-bond donors (Lipinski definition) is 2. The van der Waals surface area contributed by atoms with Crippen LogP contribution in [0.15, 0.2) is 0 Å². The van der Waals surface area contributed by atoms with E-state index in [4.69, 9.17) is 10.8 Å². The van der Waals surface area contributed by atoms with E-state index in [0.717, 1.165) is 19.6 Å². The summed E-state index contributed by atoms with van der Waals surface area (Å²) in [6.07, 6.45) is 3.77. The third-order valence-electron chi connectivity index (χ3n) is 3.86. The summed E-state index contributed by atoms with van der Waals surface area (Å²) in [6.45, 7) is 9.68. The quantitative estimate of drug-likeness (QED) is 0.739. The average molecular weight is 214 g/mol. The van der Waals surface area contributed by atoms with Crippen molar-refractivity contribution in [2.75, 3.05) is 26.2 Å². The minimum Gasteiger partial charge on any atom is -0.394 e. The van der Waals surface area contributed by atoms with E-state index in [1.165, 1.54) is 19.3 Å². The van der Waals surface area contributed by atoms with Crippen molar-refractivity contribution in [3.8, 4) is 0 Å². The van der Waals surface area contributed by atoms with Gasteiger partial charge < -0.3 is 15.7 Å². The molecule has 0 saturated carbocycles. The van der Waals surface area contributed by atoms with E-state index in [2.05, 4.69) is 18.7 Å². The van der Waals surface area contributed by atoms with Crippen LogP contribution in [0.25, 0.3) is 0 Å². The molecule has 0 aromatic carbocycles. The number of aliphatic hydroxyl groups is 1. The second kappa shape index (κ2) is 4.81. The zero-order valence-corrected chi connectivity index (χ0v) is 10.4. The van der Waals surface area contributed by atoms with Crippen molar-refractivity contribution in [2.24, 2.45) is 11.1 Å². The lowest BCUT2D eigenvalue weighted by Crippen LogP contribution is -2.53. The van der Waals surface area contributed by atoms with Crippen molar-refractivity contribution in [1.82, 2.24) is 4.90 Å². The van der Waals surface area contributed by atoms with Crippen LogP contribution in [0.2, 0.25) is 0 Å². The molecule has 0 aromatic heterocycles. The molecule has 3 nitrogen and oxygen atoms in total. The third kappa shape index (κ3) is 3.74. The zero-order valence-electron chi connectivity index (χ0n) is 10.4. The van der Waals surface area contributed by atoms with Crippen LogP contribution in [0.5, 0.6) is 0 Å². The summed E-state index contributed by atoms with van der Waals surface area (Å²) in [6, 6.07) is 0. The van der Waals surface area contributed by atoms with E-state index < -0.39 is 5.54 Å². The molecule has 1 rings (SSSR count). The first-order valence-corrected chi connectivity index (χ1v) is 6.03. The van der Waals surface area contributed by atoms with Gasteiger partial charge in [-0.1, -0.05) is 20.3 Å². The second-order valence-electron chi connectivity index (χ2n) is 5.75. The summed E-state index contributed by atoms with van der Waals surface area (Å²) < 4.78 is 0. The Balaban J connectivity index is 2.38. The fraction of sp³-hybridized carbons (Fsp3) is 1.00. The molecule has 1 aliphatic rings. The summed E-state index contributed by atoms with van der Waals surface area (Å²) in [5, 5.41) is 9.12. The number of nitrogens with two attached hydrogens (primary N) is 1. The zero-order chi connectivity index (χ0) is 11.5. The lowest BCUT2D eigenvalue weighted by Gasteiger charge is -2.41. The van der Waals surface area contributed by atoms with Crippen molar-refractivity contribution < 1.29 is 5.11 Å². The number of hydrogen-bond acceptors (Lipinski definition) is 3. The number of piperidine rings is 1. The third-order valence-corrected chi connectivity index (χ3v) is 3.86. The first-order valence-electron chi connectivity index (χ1n) is 6.03. The van der Waals surface area contributed by atoms with Gasteiger partial charge in [0.2, 0.25) is 0 Å². The van der Waals surface area contributed by atoms with Gasteiger partial charge in [0, 0.05) is 12.1 Å². The largest absolute Gasteiger partial charge is 0.394 e. The van der Waals surface area contributed by atoms with Gasteiger partial charge in [0.05, 0.1) is 6.61 Å². The average Bonchev–Trinajstić information content (AvgIpc) is 2.22. The van der Waals surface area contributed by atoms with Crippen LogP contribution in [0.4, 0.5) is 0 Å². The highest BCUT2D eigenvalue weighted by molar-refractivity contribution is 4.87. The molecular formula is C12H26N2O. The minimum atomic E-state index is -0.444. The van der Waals surface area contributed by atoms with Crippen LogP contribution < -0.4 is 5.73 Å². The van der Waals surface area contributed by atoms with Gasteiger partial charge >= 0.3 is 0 Å². The van der Waals surface area contributed by atoms with E-state index in [1.54, 1.807) is 0 Å². The summed E-state index contributed by atoms with van der Waals surface area (Å²) in [7, 11) is 0. The van der Waals surface area contributed by atoms with E-state index >= 15 is 0 Å². The van der Waals surface area contributed by atoms with Crippen molar-refractivity contribution in [3.05, 3.63) is 0 Å². The highest BCUT2D eigenvalue weighted by atomic mass is 16.3. The Morgan fingerprint density at radius 3 is 2.33 bits per heavy atom. The van der Waals surface area contributed by atoms with Crippen molar-refractivity contribution in [3.63, 3.8) is 0 Å². The molecule has 0 bridgehead atoms. The Kier molecular flexibility index (Phi) is 4.15. The van der Waals surface area contributed by atoms with Gasteiger partial charge in [0.25, 0.3) is 0 Å². The molecule has 0 aromatic rings. The molecule has 0 spiro atoms. The van der Waals surface area contributed by atoms with Gasteiger partial charge in [-0.2, -0.15) is 0 Å². The van der Waals surface area contributed by atoms with Gasteiger partial charge in [0.1, 0.15) is 0 Å². The van der Waals surface area contributed by atoms with Gasteiger partial charge in [-0.3, -0.25) is 0 Å². The highest BCUT2D eigenvalue weighted by Crippen LogP contribution is 2.34. The van der Waals surface area contributed by atoms with Crippen LogP contribution in [-0.4, -0.2) is 41.8 Å². The molecule has 15 heavy (non-hydrogen) atoms. The van der Waals surface area contributed by atoms with Crippen molar-refractivity contribution in [1.29, 1.82) is 0 Å². The Morgan fingerprint density at radius 2 is 1.93 bits per heavy atom. The van der Waals surface area contributed by atoms with E-state index in [9.17, 15) is 0 Å². The smallest absolute Gasteiger partial charge is 0.0621 e. The molecule has 0 aliphatic carbocycles. The molecule has 1 fully saturated rings. The molecule has 1 atom stereocenters. The first-order chi connectivity index (χ1) is 6.91. The Bertz CT molecular complexity index is 196. The standard InChI is InChI=1S/C12H26N2O/c1-4-11(2)5-7-14(8-6-11)9-12(3,13)10-15/h15H,4-10,13H2,1-3H3. The molecule has 1 saturated heterocycles. The fourth-order valence-electron chi connectivity index (χ4n) is 2.17. The van der Waals surface area contributed by atoms with Crippen LogP contribution in [0.3, 0.4) is 0 Å². The summed E-state index contributed by atoms with van der Waals surface area (Å²) in [4.78, 5) is 2.38. The van der Waals surface area contributed by atoms with E-state index in [-0.39, 0.29) is 6.61 Å². The molecule has 1 unspecified atom stereocenters. The van der Waals surface area contributed by atoms with E-state index in [1.807, 2.05) is 6.92 Å². The Labute approximate surface area is 93.6 Å². The number of aliphatic hydroxyl groups excluding tert-OH is 1. The lowest BCUT2D eigenvalue weighted by atomic mass is 9.78. The van der Waals surface area contributed by atoms with E-state index in [0.29, 0.717) is 5.41 Å². The monoisotopic (exact) mass is 214 g/mol. The molecule has 1 aliphatic heterocycles. The molecule has 0 amide bonds. The SMILES string of the molecule is CCC1(C)CCN(CC(C)(N)CO)CC1. The number of likely N-dealkylation sites (tertiary alicyclic amines) is 1. The topological polar surface area (TPSA) is 49.5 Å². The highest BCUT2D eigenvalue weighted by Gasteiger charge is 2.30. The normalized spacial score (nSPS) is 26.2. The molecule has 3 heteroatoms. The summed E-state index contributed by atoms with van der Waals surface area (Å²) >= 11 is 0. The summed E-state index contributed by atoms with van der Waals surface area (Å²) in [5.74, 6) is 0. The van der Waals surface area contributed by atoms with Crippen LogP contribution >= 0.6 is 0 Å². The number of rotatable bonds is 4. The molecule has 0 radical (unpaired) electrons. The predicted molar refractivity (Wildman–Crippen MR) is 63.8 cm³/mol. The van der Waals surface area contributed by atoms with Gasteiger partial charge in [-0.15, -0.1) is 0 Å². The maximum Gasteiger partial charge on any atom is 0.0621 e. The molecular weight excluding hydrogens is 188 g/mol. The van der Waals surface area contributed by atoms with Crippen LogP contribution in [-0.2, 0) is 0 Å². The maximum atomic E-state index is 9.12. The second-order valence-corrected chi connectivity index (χ2v) is 5.75. The van der Waals surface area contributed by atoms with Gasteiger partial charge in [-0.25, -0.2) is 0 Å². The molecule has 1 heterocycles. The predicted octanol–water partition coefficient (Wildman–Crippen LogP) is 1.21. The number of nitrogens with zero attached hydrogens (tertiary/aromatic N) is 1. The molecule has 90 valence electrons. The van der Waals surface area contributed by atoms with Crippen molar-refractivity contribution >= 4 is 0 Å². The van der Waals surface area contributed by atoms with Gasteiger partial charge in [-0.05, 0) is 38.3 Å². The van der Waals surface area contributed by atoms with Crippen LogP contribution in [0.1, 0.15) is 40.0 Å². The lowest BCUT2D eigenvalue weighted by molar-refractivity contribution is 0.0813. The van der Waals surface area contributed by atoms with Gasteiger partial charge in [0.15, 0.2) is 0 Å². The summed E-state index contributed by atoms with van der Waals surface area (Å²) in [5.41, 5.74) is 6.04. The van der Waals surface area contributed by atoms with Crippen molar-refractivity contribution in [2.45, 2.75) is 45.6 Å². The van der Waals surface area contributed by atoms with Crippen LogP contribution in [0, 0.1) is 5.41 Å². The first kappa shape index (κ1) is 12.9. The Morgan fingerprint density at radius 1 is 1.40 bits per heavy atom. The molecule has 3 N–H and O–H groups in total. The fourth-order valence-corrected chi connectivity index (χ4v) is 2.17. The minimum absolute atomic E-state index is 0.0640.